The lowest BCUT2D eigenvalue weighted by molar-refractivity contribution is 0.0693. The van der Waals surface area contributed by atoms with Crippen molar-refractivity contribution >= 4 is 16.9 Å². The van der Waals surface area contributed by atoms with E-state index in [2.05, 4.69) is 0 Å². The average molecular weight is 312 g/mol. The van der Waals surface area contributed by atoms with Crippen LogP contribution in [0.1, 0.15) is 15.9 Å². The second kappa shape index (κ2) is 7.91. The van der Waals surface area contributed by atoms with E-state index in [1.54, 1.807) is 25.3 Å². The maximum atomic E-state index is 11.5. The van der Waals surface area contributed by atoms with E-state index in [0.717, 1.165) is 6.26 Å². The van der Waals surface area contributed by atoms with Gasteiger partial charge in [-0.05, 0) is 17.7 Å². The van der Waals surface area contributed by atoms with E-state index >= 15 is 0 Å². The Bertz CT molecular complexity index is 837. The molecule has 1 aromatic heterocycles. The molecule has 0 aliphatic carbocycles. The summed E-state index contributed by atoms with van der Waals surface area (Å²) in [6.45, 7) is 0.709. The molecule has 0 radical (unpaired) electrons. The summed E-state index contributed by atoms with van der Waals surface area (Å²) in [6.07, 6.45) is 0.965. The number of methoxy groups -OCH3 is 1. The molecule has 1 N–H and O–H groups in total. The van der Waals surface area contributed by atoms with Crippen molar-refractivity contribution in [3.05, 3.63) is 82.2 Å². The fourth-order valence-electron chi connectivity index (χ4n) is 1.97. The van der Waals surface area contributed by atoms with Gasteiger partial charge in [0.25, 0.3) is 0 Å². The van der Waals surface area contributed by atoms with E-state index in [0.29, 0.717) is 12.2 Å². The number of aromatic carboxylic acids is 1. The van der Waals surface area contributed by atoms with Crippen molar-refractivity contribution in [2.45, 2.75) is 6.61 Å². The van der Waals surface area contributed by atoms with Crippen LogP contribution < -0.4 is 5.43 Å². The molecule has 1 heterocycles. The standard InChI is InChI=1S/C10H6O4.C8H10O/c11-9-6-3-1-2-4-8(6)14-5-7(9)10(12)13;1-9-7-8-5-3-2-4-6-8/h1-5H,(H,12,13);2-6H,7H2,1H3. The van der Waals surface area contributed by atoms with Crippen molar-refractivity contribution in [2.75, 3.05) is 7.11 Å². The molecule has 0 spiro atoms. The van der Waals surface area contributed by atoms with Crippen molar-refractivity contribution in [3.8, 4) is 0 Å². The summed E-state index contributed by atoms with van der Waals surface area (Å²) < 4.78 is 9.93. The third kappa shape index (κ3) is 4.28. The van der Waals surface area contributed by atoms with E-state index in [-0.39, 0.29) is 10.9 Å². The molecule has 3 aromatic rings. The topological polar surface area (TPSA) is 76.7 Å². The summed E-state index contributed by atoms with van der Waals surface area (Å²) in [5.41, 5.74) is 0.755. The van der Waals surface area contributed by atoms with E-state index in [1.165, 1.54) is 11.6 Å². The number of carbonyl (C=O) groups is 1. The molecular formula is C18H16O5. The molecule has 0 aliphatic rings. The lowest BCUT2D eigenvalue weighted by Crippen LogP contribution is -2.13. The molecular weight excluding hydrogens is 296 g/mol. The van der Waals surface area contributed by atoms with Crippen LogP contribution in [0.5, 0.6) is 0 Å². The smallest absolute Gasteiger partial charge is 0.342 e. The monoisotopic (exact) mass is 312 g/mol. The molecule has 0 fully saturated rings. The largest absolute Gasteiger partial charge is 0.477 e. The van der Waals surface area contributed by atoms with Gasteiger partial charge in [-0.2, -0.15) is 0 Å². The SMILES string of the molecule is COCc1ccccc1.O=C(O)c1coc2ccccc2c1=O. The van der Waals surface area contributed by atoms with E-state index in [4.69, 9.17) is 14.3 Å². The highest BCUT2D eigenvalue weighted by molar-refractivity contribution is 5.91. The van der Waals surface area contributed by atoms with Gasteiger partial charge in [-0.1, -0.05) is 42.5 Å². The predicted molar refractivity (Wildman–Crippen MR) is 86.6 cm³/mol. The molecule has 2 aromatic carbocycles. The molecule has 0 bridgehead atoms. The minimum atomic E-state index is -1.27. The number of carboxylic acid groups (broad SMARTS) is 1. The number of fused-ring (bicyclic) bond motifs is 1. The number of rotatable bonds is 3. The number of benzene rings is 2. The third-order valence-corrected chi connectivity index (χ3v) is 3.06. The molecule has 3 rings (SSSR count). The Morgan fingerprint density at radius 1 is 1.09 bits per heavy atom. The molecule has 23 heavy (non-hydrogen) atoms. The summed E-state index contributed by atoms with van der Waals surface area (Å²) in [4.78, 5) is 22.1. The maximum Gasteiger partial charge on any atom is 0.342 e. The molecule has 118 valence electrons. The highest BCUT2D eigenvalue weighted by Gasteiger charge is 2.11. The lowest BCUT2D eigenvalue weighted by Gasteiger charge is -1.96. The molecule has 0 amide bonds. The van der Waals surface area contributed by atoms with E-state index in [1.807, 2.05) is 30.3 Å². The van der Waals surface area contributed by atoms with Crippen LogP contribution in [0.4, 0.5) is 0 Å². The van der Waals surface area contributed by atoms with Crippen LogP contribution in [0.25, 0.3) is 11.0 Å². The number of carboxylic acids is 1. The first-order chi connectivity index (χ1) is 11.1. The highest BCUT2D eigenvalue weighted by Crippen LogP contribution is 2.10. The number of para-hydroxylation sites is 1. The van der Waals surface area contributed by atoms with Crippen LogP contribution in [0.15, 0.2) is 70.1 Å². The predicted octanol–water partition coefficient (Wildman–Crippen LogP) is 3.32. The minimum absolute atomic E-state index is 0.285. The normalized spacial score (nSPS) is 9.96. The Hall–Kier alpha value is -2.92. The Kier molecular flexibility index (Phi) is 5.66. The van der Waals surface area contributed by atoms with E-state index < -0.39 is 11.4 Å². The first-order valence-corrected chi connectivity index (χ1v) is 6.90. The van der Waals surface area contributed by atoms with Crippen LogP contribution in [0.3, 0.4) is 0 Å². The van der Waals surface area contributed by atoms with Crippen molar-refractivity contribution in [1.82, 2.24) is 0 Å². The number of hydrogen-bond acceptors (Lipinski definition) is 4. The Morgan fingerprint density at radius 2 is 1.74 bits per heavy atom. The highest BCUT2D eigenvalue weighted by atomic mass is 16.5. The summed E-state index contributed by atoms with van der Waals surface area (Å²) in [5.74, 6) is -1.27. The zero-order valence-electron chi connectivity index (χ0n) is 12.6. The third-order valence-electron chi connectivity index (χ3n) is 3.06. The van der Waals surface area contributed by atoms with Crippen molar-refractivity contribution in [2.24, 2.45) is 0 Å². The average Bonchev–Trinajstić information content (AvgIpc) is 2.57. The first kappa shape index (κ1) is 16.5. The second-order valence-corrected chi connectivity index (χ2v) is 4.70. The summed E-state index contributed by atoms with van der Waals surface area (Å²) in [5, 5.41) is 8.95. The van der Waals surface area contributed by atoms with Gasteiger partial charge in [0, 0.05) is 7.11 Å². The zero-order valence-corrected chi connectivity index (χ0v) is 12.6. The molecule has 0 atom stereocenters. The maximum absolute atomic E-state index is 11.5. The Labute approximate surface area is 132 Å². The molecule has 5 heteroatoms. The van der Waals surface area contributed by atoms with Crippen molar-refractivity contribution in [3.63, 3.8) is 0 Å². The van der Waals surface area contributed by atoms with Gasteiger partial charge in [-0.3, -0.25) is 4.79 Å². The Balaban J connectivity index is 0.000000185. The van der Waals surface area contributed by atoms with Crippen LogP contribution >= 0.6 is 0 Å². The van der Waals surface area contributed by atoms with Crippen LogP contribution in [0.2, 0.25) is 0 Å². The fraction of sp³-hybridized carbons (Fsp3) is 0.111. The van der Waals surface area contributed by atoms with E-state index in [9.17, 15) is 9.59 Å². The number of ether oxygens (including phenoxy) is 1. The molecule has 0 aliphatic heterocycles. The van der Waals surface area contributed by atoms with Gasteiger partial charge >= 0.3 is 5.97 Å². The summed E-state index contributed by atoms with van der Waals surface area (Å²) in [6, 6.07) is 16.6. The minimum Gasteiger partial charge on any atom is -0.477 e. The quantitative estimate of drug-likeness (QED) is 0.802. The zero-order chi connectivity index (χ0) is 16.7. The van der Waals surface area contributed by atoms with Crippen molar-refractivity contribution in [1.29, 1.82) is 0 Å². The summed E-state index contributed by atoms with van der Waals surface area (Å²) >= 11 is 0. The van der Waals surface area contributed by atoms with Gasteiger partial charge < -0.3 is 14.3 Å². The fourth-order valence-corrected chi connectivity index (χ4v) is 1.97. The van der Waals surface area contributed by atoms with Gasteiger partial charge in [-0.15, -0.1) is 0 Å². The Morgan fingerprint density at radius 3 is 2.39 bits per heavy atom. The van der Waals surface area contributed by atoms with Crippen molar-refractivity contribution < 1.29 is 19.1 Å². The lowest BCUT2D eigenvalue weighted by atomic mass is 10.2. The molecule has 5 nitrogen and oxygen atoms in total. The van der Waals surface area contributed by atoms with Gasteiger partial charge in [0.15, 0.2) is 0 Å². The summed E-state index contributed by atoms with van der Waals surface area (Å²) in [7, 11) is 1.70. The second-order valence-electron chi connectivity index (χ2n) is 4.70. The molecule has 0 saturated heterocycles. The van der Waals surface area contributed by atoms with Crippen LogP contribution in [-0.2, 0) is 11.3 Å². The van der Waals surface area contributed by atoms with Gasteiger partial charge in [-0.25, -0.2) is 4.79 Å². The van der Waals surface area contributed by atoms with Gasteiger partial charge in [0.1, 0.15) is 17.4 Å². The first-order valence-electron chi connectivity index (χ1n) is 6.90. The van der Waals surface area contributed by atoms with Gasteiger partial charge in [0.05, 0.1) is 12.0 Å². The van der Waals surface area contributed by atoms with Crippen LogP contribution in [-0.4, -0.2) is 18.2 Å². The number of hydrogen-bond donors (Lipinski definition) is 1. The molecule has 0 saturated carbocycles. The molecule has 0 unspecified atom stereocenters. The van der Waals surface area contributed by atoms with Crippen LogP contribution in [0, 0.1) is 0 Å². The van der Waals surface area contributed by atoms with Gasteiger partial charge in [0.2, 0.25) is 5.43 Å².